The van der Waals surface area contributed by atoms with Gasteiger partial charge in [0.1, 0.15) is 23.8 Å². The van der Waals surface area contributed by atoms with Gasteiger partial charge in [0.2, 0.25) is 0 Å². The van der Waals surface area contributed by atoms with Gasteiger partial charge in [-0.25, -0.2) is 9.78 Å². The zero-order chi connectivity index (χ0) is 19.4. The van der Waals surface area contributed by atoms with Crippen molar-refractivity contribution in [2.45, 2.75) is 19.6 Å². The quantitative estimate of drug-likeness (QED) is 0.604. The first-order valence-corrected chi connectivity index (χ1v) is 8.49. The second kappa shape index (κ2) is 8.09. The Bertz CT molecular complexity index is 1020. The number of esters is 1. The van der Waals surface area contributed by atoms with Gasteiger partial charge in [-0.1, -0.05) is 11.6 Å². The van der Waals surface area contributed by atoms with Crippen LogP contribution >= 0.6 is 11.6 Å². The minimum absolute atomic E-state index is 0.135. The number of methoxy groups -OCH3 is 1. The maximum Gasteiger partial charge on any atom is 0.347 e. The Morgan fingerprint density at radius 1 is 1.19 bits per heavy atom. The van der Waals surface area contributed by atoms with Crippen LogP contribution in [-0.2, 0) is 16.1 Å². The van der Waals surface area contributed by atoms with Crippen LogP contribution in [0, 0.1) is 0 Å². The van der Waals surface area contributed by atoms with Crippen LogP contribution in [0.1, 0.15) is 12.6 Å². The average Bonchev–Trinajstić information content (AvgIpc) is 2.67. The van der Waals surface area contributed by atoms with E-state index in [0.717, 1.165) is 0 Å². The van der Waals surface area contributed by atoms with E-state index in [2.05, 4.69) is 4.98 Å². The molecule has 0 N–H and O–H groups in total. The Balaban J connectivity index is 1.63. The van der Waals surface area contributed by atoms with E-state index in [0.29, 0.717) is 27.9 Å². The summed E-state index contributed by atoms with van der Waals surface area (Å²) in [5.74, 6) is 0.635. The molecular weight excluding hydrogens is 372 g/mol. The minimum atomic E-state index is -0.821. The molecule has 0 aliphatic rings. The zero-order valence-corrected chi connectivity index (χ0v) is 15.5. The number of aromatic nitrogens is 2. The molecule has 0 spiro atoms. The van der Waals surface area contributed by atoms with Crippen molar-refractivity contribution in [2.24, 2.45) is 0 Å². The van der Waals surface area contributed by atoms with Gasteiger partial charge in [-0.3, -0.25) is 9.20 Å². The smallest absolute Gasteiger partial charge is 0.347 e. The van der Waals surface area contributed by atoms with Crippen molar-refractivity contribution in [2.75, 3.05) is 7.11 Å². The summed E-state index contributed by atoms with van der Waals surface area (Å²) in [6, 6.07) is 11.4. The molecule has 0 aliphatic carbocycles. The number of carbonyl (C=O) groups is 1. The normalized spacial score (nSPS) is 11.8. The van der Waals surface area contributed by atoms with Crippen LogP contribution in [0.25, 0.3) is 5.65 Å². The van der Waals surface area contributed by atoms with Gasteiger partial charge in [-0.2, -0.15) is 0 Å². The number of rotatable bonds is 6. The van der Waals surface area contributed by atoms with Gasteiger partial charge in [0.25, 0.3) is 5.56 Å². The third-order valence-electron chi connectivity index (χ3n) is 3.74. The number of benzene rings is 1. The lowest BCUT2D eigenvalue weighted by Crippen LogP contribution is -2.26. The molecule has 0 saturated heterocycles. The predicted molar refractivity (Wildman–Crippen MR) is 99.4 cm³/mol. The Morgan fingerprint density at radius 3 is 2.59 bits per heavy atom. The summed E-state index contributed by atoms with van der Waals surface area (Å²) in [5, 5.41) is 0.426. The third kappa shape index (κ3) is 4.57. The number of hydrogen-bond donors (Lipinski definition) is 0. The fraction of sp³-hybridized carbons (Fsp3) is 0.211. The van der Waals surface area contributed by atoms with E-state index in [1.54, 1.807) is 50.4 Å². The molecule has 140 valence electrons. The monoisotopic (exact) mass is 388 g/mol. The molecule has 8 heteroatoms. The molecule has 0 radical (unpaired) electrons. The standard InChI is InChI=1S/C19H17ClN2O5/c1-12(27-16-6-4-15(25-2)5-7-16)19(24)26-11-14-9-18(23)22-10-13(20)3-8-17(22)21-14/h3-10,12H,11H2,1-2H3. The fourth-order valence-electron chi connectivity index (χ4n) is 2.37. The lowest BCUT2D eigenvalue weighted by molar-refractivity contribution is -0.152. The van der Waals surface area contributed by atoms with Gasteiger partial charge < -0.3 is 14.2 Å². The number of nitrogens with zero attached hydrogens (tertiary/aromatic N) is 2. The van der Waals surface area contributed by atoms with Crippen LogP contribution in [0.5, 0.6) is 11.5 Å². The first-order valence-electron chi connectivity index (χ1n) is 8.11. The predicted octanol–water partition coefficient (Wildman–Crippen LogP) is 2.87. The van der Waals surface area contributed by atoms with E-state index in [-0.39, 0.29) is 12.2 Å². The second-order valence-corrected chi connectivity index (χ2v) is 6.14. The van der Waals surface area contributed by atoms with Crippen LogP contribution in [-0.4, -0.2) is 28.6 Å². The highest BCUT2D eigenvalue weighted by atomic mass is 35.5. The van der Waals surface area contributed by atoms with Gasteiger partial charge in [-0.05, 0) is 43.3 Å². The number of fused-ring (bicyclic) bond motifs is 1. The van der Waals surface area contributed by atoms with Gasteiger partial charge in [0.15, 0.2) is 6.10 Å². The van der Waals surface area contributed by atoms with Crippen molar-refractivity contribution in [1.29, 1.82) is 0 Å². The second-order valence-electron chi connectivity index (χ2n) is 5.70. The molecule has 2 heterocycles. The number of pyridine rings is 1. The molecule has 0 bridgehead atoms. The molecule has 1 atom stereocenters. The molecular formula is C19H17ClN2O5. The first-order chi connectivity index (χ1) is 13.0. The lowest BCUT2D eigenvalue weighted by Gasteiger charge is -2.14. The van der Waals surface area contributed by atoms with Crippen molar-refractivity contribution in [1.82, 2.24) is 9.38 Å². The number of hydrogen-bond acceptors (Lipinski definition) is 6. The number of halogens is 1. The molecule has 3 rings (SSSR count). The highest BCUT2D eigenvalue weighted by Crippen LogP contribution is 2.18. The van der Waals surface area contributed by atoms with Crippen LogP contribution in [0.2, 0.25) is 5.02 Å². The minimum Gasteiger partial charge on any atom is -0.497 e. The van der Waals surface area contributed by atoms with Gasteiger partial charge in [0, 0.05) is 12.3 Å². The van der Waals surface area contributed by atoms with Gasteiger partial charge in [0.05, 0.1) is 17.8 Å². The number of carbonyl (C=O) groups excluding carboxylic acids is 1. The van der Waals surface area contributed by atoms with E-state index < -0.39 is 12.1 Å². The maximum atomic E-state index is 12.1. The van der Waals surface area contributed by atoms with Gasteiger partial charge in [-0.15, -0.1) is 0 Å². The van der Waals surface area contributed by atoms with Crippen LogP contribution in [0.4, 0.5) is 0 Å². The van der Waals surface area contributed by atoms with Crippen LogP contribution < -0.4 is 15.0 Å². The summed E-state index contributed by atoms with van der Waals surface area (Å²) in [5.41, 5.74) is 0.448. The van der Waals surface area contributed by atoms with E-state index in [1.165, 1.54) is 16.7 Å². The summed E-state index contributed by atoms with van der Waals surface area (Å²) in [6.07, 6.45) is 0.658. The van der Waals surface area contributed by atoms with Crippen molar-refractivity contribution < 1.29 is 19.0 Å². The van der Waals surface area contributed by atoms with E-state index >= 15 is 0 Å². The molecule has 1 unspecified atom stereocenters. The van der Waals surface area contributed by atoms with Crippen LogP contribution in [0.15, 0.2) is 53.5 Å². The van der Waals surface area contributed by atoms with Crippen molar-refractivity contribution in [3.8, 4) is 11.5 Å². The first kappa shape index (κ1) is 18.7. The molecule has 0 fully saturated rings. The number of ether oxygens (including phenoxy) is 3. The molecule has 0 amide bonds. The Labute approximate surface area is 160 Å². The summed E-state index contributed by atoms with van der Waals surface area (Å²) >= 11 is 5.87. The lowest BCUT2D eigenvalue weighted by atomic mass is 10.3. The molecule has 3 aromatic rings. The largest absolute Gasteiger partial charge is 0.497 e. The van der Waals surface area contributed by atoms with E-state index in [1.807, 2.05) is 0 Å². The summed E-state index contributed by atoms with van der Waals surface area (Å²) in [6.45, 7) is 1.45. The van der Waals surface area contributed by atoms with E-state index in [9.17, 15) is 9.59 Å². The Kier molecular flexibility index (Phi) is 5.61. The average molecular weight is 389 g/mol. The topological polar surface area (TPSA) is 79.1 Å². The highest BCUT2D eigenvalue weighted by molar-refractivity contribution is 6.30. The summed E-state index contributed by atoms with van der Waals surface area (Å²) in [7, 11) is 1.57. The molecule has 1 aromatic carbocycles. The van der Waals surface area contributed by atoms with E-state index in [4.69, 9.17) is 25.8 Å². The molecule has 0 saturated carbocycles. The maximum absolute atomic E-state index is 12.1. The van der Waals surface area contributed by atoms with Gasteiger partial charge >= 0.3 is 5.97 Å². The molecule has 0 aliphatic heterocycles. The summed E-state index contributed by atoms with van der Waals surface area (Å²) in [4.78, 5) is 28.5. The molecule has 27 heavy (non-hydrogen) atoms. The molecule has 2 aromatic heterocycles. The highest BCUT2D eigenvalue weighted by Gasteiger charge is 2.17. The van der Waals surface area contributed by atoms with Crippen molar-refractivity contribution in [3.05, 3.63) is 69.7 Å². The van der Waals surface area contributed by atoms with Crippen molar-refractivity contribution >= 4 is 23.2 Å². The Hall–Kier alpha value is -3.06. The fourth-order valence-corrected chi connectivity index (χ4v) is 2.53. The zero-order valence-electron chi connectivity index (χ0n) is 14.7. The molecule has 7 nitrogen and oxygen atoms in total. The Morgan fingerprint density at radius 2 is 1.89 bits per heavy atom. The van der Waals surface area contributed by atoms with Crippen LogP contribution in [0.3, 0.4) is 0 Å². The third-order valence-corrected chi connectivity index (χ3v) is 3.97. The SMILES string of the molecule is COc1ccc(OC(C)C(=O)OCc2cc(=O)n3cc(Cl)ccc3n2)cc1. The summed E-state index contributed by atoms with van der Waals surface area (Å²) < 4.78 is 17.1. The van der Waals surface area contributed by atoms with Crippen molar-refractivity contribution in [3.63, 3.8) is 0 Å².